The van der Waals surface area contributed by atoms with Crippen LogP contribution >= 0.6 is 0 Å². The normalized spacial score (nSPS) is 19.8. The van der Waals surface area contributed by atoms with Crippen LogP contribution in [0.3, 0.4) is 0 Å². The number of nitrogens with one attached hydrogen (secondary N) is 1. The summed E-state index contributed by atoms with van der Waals surface area (Å²) in [7, 11) is 0. The van der Waals surface area contributed by atoms with Crippen LogP contribution in [0.15, 0.2) is 42.5 Å². The lowest BCUT2D eigenvalue weighted by Gasteiger charge is -2.11. The molecule has 2 aromatic rings. The van der Waals surface area contributed by atoms with Crippen molar-refractivity contribution in [2.24, 2.45) is 0 Å². The highest BCUT2D eigenvalue weighted by atomic mass is 19.3. The molecule has 2 heterocycles. The van der Waals surface area contributed by atoms with Crippen LogP contribution < -0.4 is 19.5 Å². The second-order valence-electron chi connectivity index (χ2n) is 5.24. The number of ether oxygens (including phenoxy) is 3. The fourth-order valence-corrected chi connectivity index (χ4v) is 2.58. The third-order valence-corrected chi connectivity index (χ3v) is 3.61. The number of amides is 1. The van der Waals surface area contributed by atoms with Gasteiger partial charge in [0, 0.05) is 18.2 Å². The molecule has 2 aliphatic rings. The van der Waals surface area contributed by atoms with Gasteiger partial charge in [0.25, 0.3) is 5.91 Å². The van der Waals surface area contributed by atoms with Crippen molar-refractivity contribution in [1.29, 1.82) is 0 Å². The second-order valence-corrected chi connectivity index (χ2v) is 5.24. The predicted octanol–water partition coefficient (Wildman–Crippen LogP) is 2.95. The standard InChI is InChI=1S/C16H11F2NO4/c17-16(18)22-12-6-5-10(8-13(12)23-16)19-15(20)14-7-9-3-1-2-4-11(9)21-14/h1-6,8,14H,7H2,(H,19,20)/t14-/m1/s1. The van der Waals surface area contributed by atoms with Gasteiger partial charge >= 0.3 is 6.29 Å². The maximum Gasteiger partial charge on any atom is 0.586 e. The first-order valence-corrected chi connectivity index (χ1v) is 6.95. The maximum atomic E-state index is 13.0. The highest BCUT2D eigenvalue weighted by Crippen LogP contribution is 2.42. The van der Waals surface area contributed by atoms with Crippen LogP contribution in [0.5, 0.6) is 17.2 Å². The number of carbonyl (C=O) groups excluding carboxylic acids is 1. The number of hydrogen-bond donors (Lipinski definition) is 1. The highest BCUT2D eigenvalue weighted by molar-refractivity contribution is 5.95. The van der Waals surface area contributed by atoms with E-state index in [0.717, 1.165) is 5.56 Å². The Balaban J connectivity index is 1.47. The van der Waals surface area contributed by atoms with Gasteiger partial charge in [-0.2, -0.15) is 0 Å². The van der Waals surface area contributed by atoms with Gasteiger partial charge in [-0.3, -0.25) is 4.79 Å². The molecule has 0 aliphatic carbocycles. The average Bonchev–Trinajstić information content (AvgIpc) is 3.05. The van der Waals surface area contributed by atoms with E-state index in [9.17, 15) is 13.6 Å². The van der Waals surface area contributed by atoms with E-state index in [1.807, 2.05) is 18.2 Å². The van der Waals surface area contributed by atoms with Crippen molar-refractivity contribution >= 4 is 11.6 Å². The van der Waals surface area contributed by atoms with Gasteiger partial charge in [0.1, 0.15) is 5.75 Å². The summed E-state index contributed by atoms with van der Waals surface area (Å²) in [5.74, 6) is 0.130. The third kappa shape index (κ3) is 2.54. The van der Waals surface area contributed by atoms with Gasteiger partial charge in [-0.25, -0.2) is 0 Å². The van der Waals surface area contributed by atoms with Gasteiger partial charge in [0.2, 0.25) is 0 Å². The summed E-state index contributed by atoms with van der Waals surface area (Å²) < 4.78 is 40.2. The molecular formula is C16H11F2NO4. The lowest BCUT2D eigenvalue weighted by atomic mass is 10.1. The summed E-state index contributed by atoms with van der Waals surface area (Å²) in [6.07, 6.45) is -3.87. The van der Waals surface area contributed by atoms with E-state index in [1.54, 1.807) is 6.07 Å². The minimum atomic E-state index is -3.68. The van der Waals surface area contributed by atoms with E-state index >= 15 is 0 Å². The van der Waals surface area contributed by atoms with E-state index in [-0.39, 0.29) is 17.4 Å². The van der Waals surface area contributed by atoms with Gasteiger partial charge in [0.15, 0.2) is 17.6 Å². The maximum absolute atomic E-state index is 13.0. The molecule has 2 aromatic carbocycles. The van der Waals surface area contributed by atoms with Gasteiger partial charge in [-0.15, -0.1) is 8.78 Å². The number of carbonyl (C=O) groups is 1. The van der Waals surface area contributed by atoms with Crippen molar-refractivity contribution in [1.82, 2.24) is 0 Å². The number of anilines is 1. The van der Waals surface area contributed by atoms with Crippen molar-refractivity contribution in [3.05, 3.63) is 48.0 Å². The summed E-state index contributed by atoms with van der Waals surface area (Å²) >= 11 is 0. The number of alkyl halides is 2. The molecule has 1 N–H and O–H groups in total. The molecule has 5 nitrogen and oxygen atoms in total. The molecule has 1 amide bonds. The largest absolute Gasteiger partial charge is 0.586 e. The molecule has 0 radical (unpaired) electrons. The highest BCUT2D eigenvalue weighted by Gasteiger charge is 2.43. The Labute approximate surface area is 129 Å². The molecule has 1 atom stereocenters. The van der Waals surface area contributed by atoms with Crippen LogP contribution in [-0.4, -0.2) is 18.3 Å². The first-order valence-electron chi connectivity index (χ1n) is 6.95. The number of halogens is 2. The SMILES string of the molecule is O=C(Nc1ccc2c(c1)OC(F)(F)O2)[C@H]1Cc2ccccc2O1. The lowest BCUT2D eigenvalue weighted by molar-refractivity contribution is -0.286. The van der Waals surface area contributed by atoms with Crippen LogP contribution in [-0.2, 0) is 11.2 Å². The minimum absolute atomic E-state index is 0.0717. The van der Waals surface area contributed by atoms with E-state index in [1.165, 1.54) is 18.2 Å². The predicted molar refractivity (Wildman–Crippen MR) is 75.8 cm³/mol. The molecule has 0 bridgehead atoms. The molecule has 118 valence electrons. The van der Waals surface area contributed by atoms with E-state index in [4.69, 9.17) is 4.74 Å². The van der Waals surface area contributed by atoms with E-state index in [2.05, 4.69) is 14.8 Å². The van der Waals surface area contributed by atoms with Gasteiger partial charge < -0.3 is 19.5 Å². The zero-order chi connectivity index (χ0) is 16.0. The molecule has 23 heavy (non-hydrogen) atoms. The Hall–Kier alpha value is -2.83. The van der Waals surface area contributed by atoms with Crippen molar-refractivity contribution < 1.29 is 27.8 Å². The first-order chi connectivity index (χ1) is 11.0. The van der Waals surface area contributed by atoms with Crippen LogP contribution in [0.2, 0.25) is 0 Å². The lowest BCUT2D eigenvalue weighted by Crippen LogP contribution is -2.31. The van der Waals surface area contributed by atoms with Crippen molar-refractivity contribution in [3.8, 4) is 17.2 Å². The fourth-order valence-electron chi connectivity index (χ4n) is 2.58. The molecular weight excluding hydrogens is 308 g/mol. The first kappa shape index (κ1) is 13.8. The molecule has 2 aliphatic heterocycles. The van der Waals surface area contributed by atoms with Crippen LogP contribution in [0.1, 0.15) is 5.56 Å². The topological polar surface area (TPSA) is 56.8 Å². The summed E-state index contributed by atoms with van der Waals surface area (Å²) in [5, 5.41) is 2.63. The minimum Gasteiger partial charge on any atom is -0.480 e. The van der Waals surface area contributed by atoms with Gasteiger partial charge in [-0.1, -0.05) is 18.2 Å². The number of para-hydroxylation sites is 1. The van der Waals surface area contributed by atoms with E-state index < -0.39 is 12.4 Å². The average molecular weight is 319 g/mol. The second kappa shape index (κ2) is 4.84. The quantitative estimate of drug-likeness (QED) is 0.924. The van der Waals surface area contributed by atoms with Gasteiger partial charge in [-0.05, 0) is 23.8 Å². The Bertz CT molecular complexity index is 768. The Morgan fingerprint density at radius 2 is 1.87 bits per heavy atom. The molecule has 0 saturated carbocycles. The van der Waals surface area contributed by atoms with Crippen molar-refractivity contribution in [2.75, 3.05) is 5.32 Å². The molecule has 0 fully saturated rings. The summed E-state index contributed by atoms with van der Waals surface area (Å²) in [6, 6.07) is 11.5. The third-order valence-electron chi connectivity index (χ3n) is 3.61. The number of hydrogen-bond acceptors (Lipinski definition) is 4. The molecule has 4 rings (SSSR count). The number of rotatable bonds is 2. The van der Waals surface area contributed by atoms with Crippen LogP contribution in [0.4, 0.5) is 14.5 Å². The number of fused-ring (bicyclic) bond motifs is 2. The monoisotopic (exact) mass is 319 g/mol. The smallest absolute Gasteiger partial charge is 0.480 e. The summed E-state index contributed by atoms with van der Waals surface area (Å²) in [5.41, 5.74) is 1.28. The Kier molecular flexibility index (Phi) is 2.90. The number of benzene rings is 2. The molecule has 0 unspecified atom stereocenters. The van der Waals surface area contributed by atoms with Gasteiger partial charge in [0.05, 0.1) is 0 Å². The Morgan fingerprint density at radius 3 is 2.70 bits per heavy atom. The Morgan fingerprint density at radius 1 is 1.09 bits per heavy atom. The summed E-state index contributed by atoms with van der Waals surface area (Å²) in [6.45, 7) is 0. The van der Waals surface area contributed by atoms with Crippen LogP contribution in [0.25, 0.3) is 0 Å². The van der Waals surface area contributed by atoms with Crippen LogP contribution in [0, 0.1) is 0 Å². The molecule has 0 spiro atoms. The molecule has 0 aromatic heterocycles. The van der Waals surface area contributed by atoms with Crippen molar-refractivity contribution in [2.45, 2.75) is 18.8 Å². The fraction of sp³-hybridized carbons (Fsp3) is 0.188. The zero-order valence-corrected chi connectivity index (χ0v) is 11.7. The van der Waals surface area contributed by atoms with E-state index in [0.29, 0.717) is 17.9 Å². The van der Waals surface area contributed by atoms with Crippen molar-refractivity contribution in [3.63, 3.8) is 0 Å². The zero-order valence-electron chi connectivity index (χ0n) is 11.7. The molecule has 0 saturated heterocycles. The molecule has 7 heteroatoms. The summed E-state index contributed by atoms with van der Waals surface area (Å²) in [4.78, 5) is 12.3.